The van der Waals surface area contributed by atoms with Gasteiger partial charge in [0.15, 0.2) is 0 Å². The lowest BCUT2D eigenvalue weighted by Gasteiger charge is -2.14. The molecule has 0 unspecified atom stereocenters. The normalized spacial score (nSPS) is 21.7. The Kier molecular flexibility index (Phi) is 4.08. The van der Waals surface area contributed by atoms with Gasteiger partial charge in [-0.2, -0.15) is 0 Å². The maximum atomic E-state index is 13.4. The van der Waals surface area contributed by atoms with Gasteiger partial charge in [0.25, 0.3) is 5.69 Å². The van der Waals surface area contributed by atoms with Crippen molar-refractivity contribution in [2.45, 2.75) is 25.3 Å². The van der Waals surface area contributed by atoms with Crippen LogP contribution >= 0.6 is 11.6 Å². The molecular formula is C12H12ClFN2O4. The van der Waals surface area contributed by atoms with Crippen molar-refractivity contribution < 1.29 is 19.2 Å². The fraction of sp³-hybridized carbons (Fsp3) is 0.417. The van der Waals surface area contributed by atoms with Gasteiger partial charge < -0.3 is 10.4 Å². The summed E-state index contributed by atoms with van der Waals surface area (Å²) in [5, 5.41) is 22.3. The summed E-state index contributed by atoms with van der Waals surface area (Å²) in [5.74, 6) is -2.11. The van der Waals surface area contributed by atoms with Crippen molar-refractivity contribution in [2.24, 2.45) is 5.92 Å². The molecule has 20 heavy (non-hydrogen) atoms. The highest BCUT2D eigenvalue weighted by Gasteiger charge is 2.31. The number of benzene rings is 1. The van der Waals surface area contributed by atoms with Gasteiger partial charge in [-0.3, -0.25) is 14.9 Å². The van der Waals surface area contributed by atoms with Crippen molar-refractivity contribution >= 4 is 28.9 Å². The summed E-state index contributed by atoms with van der Waals surface area (Å²) < 4.78 is 13.4. The smallest absolute Gasteiger partial charge is 0.306 e. The van der Waals surface area contributed by atoms with Gasteiger partial charge >= 0.3 is 5.97 Å². The molecule has 2 N–H and O–H groups in total. The lowest BCUT2D eigenvalue weighted by Crippen LogP contribution is -2.18. The average Bonchev–Trinajstić information content (AvgIpc) is 2.82. The van der Waals surface area contributed by atoms with Gasteiger partial charge in [0.05, 0.1) is 15.9 Å². The van der Waals surface area contributed by atoms with E-state index in [1.54, 1.807) is 0 Å². The number of anilines is 1. The zero-order valence-corrected chi connectivity index (χ0v) is 11.1. The number of nitrogens with zero attached hydrogens (tertiary/aromatic N) is 1. The molecule has 2 atom stereocenters. The van der Waals surface area contributed by atoms with E-state index in [1.807, 2.05) is 0 Å². The molecule has 0 heterocycles. The number of rotatable bonds is 4. The first-order valence-electron chi connectivity index (χ1n) is 6.01. The van der Waals surface area contributed by atoms with Crippen LogP contribution in [0.2, 0.25) is 5.02 Å². The molecule has 108 valence electrons. The fourth-order valence-electron chi connectivity index (χ4n) is 2.36. The van der Waals surface area contributed by atoms with Gasteiger partial charge in [-0.1, -0.05) is 11.6 Å². The monoisotopic (exact) mass is 302 g/mol. The molecule has 0 radical (unpaired) electrons. The molecule has 0 aliphatic heterocycles. The van der Waals surface area contributed by atoms with Crippen LogP contribution in [0.15, 0.2) is 12.1 Å². The summed E-state index contributed by atoms with van der Waals surface area (Å²) >= 11 is 5.53. The molecule has 0 bridgehead atoms. The largest absolute Gasteiger partial charge is 0.481 e. The van der Waals surface area contributed by atoms with Gasteiger partial charge in [-0.15, -0.1) is 0 Å². The number of carboxylic acids is 1. The molecular weight excluding hydrogens is 291 g/mol. The van der Waals surface area contributed by atoms with Crippen LogP contribution < -0.4 is 5.32 Å². The molecule has 2 rings (SSSR count). The molecule has 1 aromatic rings. The zero-order chi connectivity index (χ0) is 14.9. The second kappa shape index (κ2) is 5.62. The van der Waals surface area contributed by atoms with E-state index in [1.165, 1.54) is 0 Å². The number of aliphatic carboxylic acids is 1. The van der Waals surface area contributed by atoms with Gasteiger partial charge in [-0.25, -0.2) is 4.39 Å². The fourth-order valence-corrected chi connectivity index (χ4v) is 2.52. The lowest BCUT2D eigenvalue weighted by atomic mass is 10.1. The molecule has 8 heteroatoms. The standard InChI is InChI=1S/C12H12ClFN2O4/c13-8-4-11(16(19)20)10(5-9(8)14)15-7-2-1-6(3-7)12(17)18/h4-7,15H,1-3H2,(H,17,18)/t6-,7+/m1/s1. The number of nitrogens with one attached hydrogen (secondary N) is 1. The van der Waals surface area contributed by atoms with Crippen LogP contribution in [0, 0.1) is 21.8 Å². The number of nitro benzene ring substituents is 1. The van der Waals surface area contributed by atoms with Crippen molar-refractivity contribution in [3.8, 4) is 0 Å². The Hall–Kier alpha value is -1.89. The topological polar surface area (TPSA) is 92.5 Å². The van der Waals surface area contributed by atoms with E-state index in [0.29, 0.717) is 19.3 Å². The summed E-state index contributed by atoms with van der Waals surface area (Å²) in [5.41, 5.74) is -0.303. The van der Waals surface area contributed by atoms with E-state index in [-0.39, 0.29) is 22.4 Å². The number of hydrogen-bond donors (Lipinski definition) is 2. The molecule has 0 saturated heterocycles. The summed E-state index contributed by atoms with van der Waals surface area (Å²) in [6, 6.07) is 1.69. The Morgan fingerprint density at radius 1 is 1.50 bits per heavy atom. The van der Waals surface area contributed by atoms with Crippen LogP contribution in [-0.4, -0.2) is 22.0 Å². The minimum atomic E-state index is -0.883. The van der Waals surface area contributed by atoms with Crippen LogP contribution in [0.25, 0.3) is 0 Å². The number of halogens is 2. The molecule has 0 aromatic heterocycles. The Morgan fingerprint density at radius 2 is 2.20 bits per heavy atom. The molecule has 1 aliphatic rings. The number of nitro groups is 1. The molecule has 1 aromatic carbocycles. The van der Waals surface area contributed by atoms with E-state index >= 15 is 0 Å². The third-order valence-electron chi connectivity index (χ3n) is 3.38. The maximum Gasteiger partial charge on any atom is 0.306 e. The van der Waals surface area contributed by atoms with Crippen molar-refractivity contribution in [3.05, 3.63) is 33.1 Å². The predicted octanol–water partition coefficient (Wildman–Crippen LogP) is 3.05. The van der Waals surface area contributed by atoms with E-state index in [2.05, 4.69) is 5.32 Å². The highest BCUT2D eigenvalue weighted by molar-refractivity contribution is 6.31. The number of carbonyl (C=O) groups is 1. The van der Waals surface area contributed by atoms with E-state index < -0.39 is 22.6 Å². The Labute approximate surface area is 118 Å². The van der Waals surface area contributed by atoms with E-state index in [4.69, 9.17) is 16.7 Å². The van der Waals surface area contributed by atoms with Crippen LogP contribution in [0.1, 0.15) is 19.3 Å². The lowest BCUT2D eigenvalue weighted by molar-refractivity contribution is -0.384. The number of hydrogen-bond acceptors (Lipinski definition) is 4. The summed E-state index contributed by atoms with van der Waals surface area (Å²) in [4.78, 5) is 21.1. The van der Waals surface area contributed by atoms with Crippen LogP contribution in [0.5, 0.6) is 0 Å². The first kappa shape index (κ1) is 14.5. The van der Waals surface area contributed by atoms with Gasteiger partial charge in [0, 0.05) is 18.2 Å². The summed E-state index contributed by atoms with van der Waals surface area (Å²) in [6.07, 6.45) is 1.42. The van der Waals surface area contributed by atoms with Gasteiger partial charge in [-0.05, 0) is 19.3 Å². The molecule has 1 saturated carbocycles. The molecule has 0 amide bonds. The van der Waals surface area contributed by atoms with E-state index in [0.717, 1.165) is 12.1 Å². The second-order valence-corrected chi connectivity index (χ2v) is 5.14. The minimum Gasteiger partial charge on any atom is -0.481 e. The van der Waals surface area contributed by atoms with Crippen molar-refractivity contribution in [1.82, 2.24) is 0 Å². The molecule has 1 aliphatic carbocycles. The van der Waals surface area contributed by atoms with Crippen molar-refractivity contribution in [3.63, 3.8) is 0 Å². The van der Waals surface area contributed by atoms with Crippen LogP contribution in [0.3, 0.4) is 0 Å². The average molecular weight is 303 g/mol. The third-order valence-corrected chi connectivity index (χ3v) is 3.67. The van der Waals surface area contributed by atoms with Crippen LogP contribution in [-0.2, 0) is 4.79 Å². The van der Waals surface area contributed by atoms with Gasteiger partial charge in [0.2, 0.25) is 0 Å². The molecule has 0 spiro atoms. The summed E-state index contributed by atoms with van der Waals surface area (Å²) in [7, 11) is 0. The Morgan fingerprint density at radius 3 is 2.75 bits per heavy atom. The van der Waals surface area contributed by atoms with Crippen molar-refractivity contribution in [1.29, 1.82) is 0 Å². The van der Waals surface area contributed by atoms with Gasteiger partial charge in [0.1, 0.15) is 11.5 Å². The first-order valence-corrected chi connectivity index (χ1v) is 6.39. The zero-order valence-electron chi connectivity index (χ0n) is 10.3. The van der Waals surface area contributed by atoms with Crippen LogP contribution in [0.4, 0.5) is 15.8 Å². The molecule has 6 nitrogen and oxygen atoms in total. The third kappa shape index (κ3) is 2.98. The SMILES string of the molecule is O=C(O)[C@@H]1CC[C@H](Nc2cc(F)c(Cl)cc2[N+](=O)[O-])C1. The second-order valence-electron chi connectivity index (χ2n) is 4.73. The first-order chi connectivity index (χ1) is 9.38. The Bertz CT molecular complexity index is 567. The Balaban J connectivity index is 2.19. The highest BCUT2D eigenvalue weighted by atomic mass is 35.5. The summed E-state index contributed by atoms with van der Waals surface area (Å²) in [6.45, 7) is 0. The highest BCUT2D eigenvalue weighted by Crippen LogP contribution is 2.34. The maximum absolute atomic E-state index is 13.4. The van der Waals surface area contributed by atoms with Crippen molar-refractivity contribution in [2.75, 3.05) is 5.32 Å². The number of carboxylic acid groups (broad SMARTS) is 1. The quantitative estimate of drug-likeness (QED) is 0.658. The minimum absolute atomic E-state index is 0.0212. The molecule has 1 fully saturated rings. The predicted molar refractivity (Wildman–Crippen MR) is 70.5 cm³/mol. The van der Waals surface area contributed by atoms with E-state index in [9.17, 15) is 19.3 Å².